The number of ether oxygens (including phenoxy) is 1. The Hall–Kier alpha value is -3.01. The molecular formula is C26H28N2O2. The first-order valence-corrected chi connectivity index (χ1v) is 11.0. The van der Waals surface area contributed by atoms with Crippen molar-refractivity contribution in [2.45, 2.75) is 38.5 Å². The molecule has 1 N–H and O–H groups in total. The number of amides is 1. The number of carbonyl (C=O) groups is 1. The van der Waals surface area contributed by atoms with E-state index in [1.807, 2.05) is 12.1 Å². The number of nitrogens with zero attached hydrogens (tertiary/aromatic N) is 1. The summed E-state index contributed by atoms with van der Waals surface area (Å²) in [4.78, 5) is 12.4. The van der Waals surface area contributed by atoms with Gasteiger partial charge in [0.25, 0.3) is 0 Å². The van der Waals surface area contributed by atoms with Gasteiger partial charge in [0, 0.05) is 29.9 Å². The maximum atomic E-state index is 12.4. The number of nitrogens with one attached hydrogen (secondary N) is 1. The molecule has 0 unspecified atom stereocenters. The third kappa shape index (κ3) is 3.74. The first-order chi connectivity index (χ1) is 14.7. The molecule has 3 aromatic rings. The van der Waals surface area contributed by atoms with E-state index in [1.54, 1.807) is 7.11 Å². The third-order valence-corrected chi connectivity index (χ3v) is 6.32. The maximum absolute atomic E-state index is 12.4. The minimum atomic E-state index is 0.155. The second-order valence-corrected chi connectivity index (χ2v) is 8.45. The number of methoxy groups -OCH3 is 1. The van der Waals surface area contributed by atoms with Gasteiger partial charge in [-0.3, -0.25) is 4.79 Å². The van der Waals surface area contributed by atoms with Crippen molar-refractivity contribution in [1.29, 1.82) is 0 Å². The van der Waals surface area contributed by atoms with Gasteiger partial charge in [0.05, 0.1) is 12.8 Å². The van der Waals surface area contributed by atoms with Gasteiger partial charge in [-0.25, -0.2) is 0 Å². The molecule has 5 rings (SSSR count). The summed E-state index contributed by atoms with van der Waals surface area (Å²) in [6, 6.07) is 19.2. The zero-order chi connectivity index (χ0) is 20.5. The highest BCUT2D eigenvalue weighted by molar-refractivity contribution is 5.77. The molecule has 0 radical (unpaired) electrons. The number of benzene rings is 2. The molecule has 2 aromatic carbocycles. The predicted molar refractivity (Wildman–Crippen MR) is 119 cm³/mol. The van der Waals surface area contributed by atoms with E-state index in [1.165, 1.54) is 40.9 Å². The summed E-state index contributed by atoms with van der Waals surface area (Å²) < 4.78 is 7.70. The average Bonchev–Trinajstić information content (AvgIpc) is 3.54. The highest BCUT2D eigenvalue weighted by Crippen LogP contribution is 2.38. The molecule has 1 amide bonds. The van der Waals surface area contributed by atoms with Crippen molar-refractivity contribution >= 4 is 5.91 Å². The Labute approximate surface area is 177 Å². The summed E-state index contributed by atoms with van der Waals surface area (Å²) in [6.07, 6.45) is 5.87. The molecular weight excluding hydrogens is 372 g/mol. The van der Waals surface area contributed by atoms with Crippen LogP contribution in [0.3, 0.4) is 0 Å². The van der Waals surface area contributed by atoms with Crippen molar-refractivity contribution in [2.24, 2.45) is 5.92 Å². The quantitative estimate of drug-likeness (QED) is 0.624. The van der Waals surface area contributed by atoms with E-state index in [0.29, 0.717) is 12.3 Å². The molecule has 0 bridgehead atoms. The summed E-state index contributed by atoms with van der Waals surface area (Å²) in [7, 11) is 1.69. The second-order valence-electron chi connectivity index (χ2n) is 8.45. The Morgan fingerprint density at radius 2 is 1.83 bits per heavy atom. The van der Waals surface area contributed by atoms with Crippen LogP contribution in [0.15, 0.2) is 54.6 Å². The smallest absolute Gasteiger partial charge is 0.220 e. The van der Waals surface area contributed by atoms with E-state index in [0.717, 1.165) is 37.2 Å². The Kier molecular flexibility index (Phi) is 5.07. The molecule has 4 nitrogen and oxygen atoms in total. The maximum Gasteiger partial charge on any atom is 0.220 e. The van der Waals surface area contributed by atoms with Crippen LogP contribution in [0, 0.1) is 5.92 Å². The van der Waals surface area contributed by atoms with E-state index in [9.17, 15) is 4.79 Å². The van der Waals surface area contributed by atoms with Crippen molar-refractivity contribution in [2.75, 3.05) is 13.7 Å². The van der Waals surface area contributed by atoms with Gasteiger partial charge in [-0.15, -0.1) is 0 Å². The van der Waals surface area contributed by atoms with E-state index in [2.05, 4.69) is 52.3 Å². The summed E-state index contributed by atoms with van der Waals surface area (Å²) >= 11 is 0. The van der Waals surface area contributed by atoms with Crippen LogP contribution in [0.5, 0.6) is 5.75 Å². The lowest BCUT2D eigenvalue weighted by atomic mass is 9.90. The van der Waals surface area contributed by atoms with Gasteiger partial charge in [0.15, 0.2) is 0 Å². The van der Waals surface area contributed by atoms with Crippen molar-refractivity contribution in [1.82, 2.24) is 9.88 Å². The van der Waals surface area contributed by atoms with Crippen molar-refractivity contribution in [3.05, 3.63) is 71.4 Å². The van der Waals surface area contributed by atoms with E-state index in [4.69, 9.17) is 4.74 Å². The number of aryl methyl sites for hydroxylation is 3. The SMILES string of the molecule is COc1ccc(-n2c(CCC(=O)NCC3CC3)cc3c2-c2ccccc2CC3)cc1. The zero-order valence-electron chi connectivity index (χ0n) is 17.5. The Morgan fingerprint density at radius 1 is 1.07 bits per heavy atom. The van der Waals surface area contributed by atoms with Crippen LogP contribution in [0.25, 0.3) is 16.9 Å². The Balaban J connectivity index is 1.50. The molecule has 154 valence electrons. The van der Waals surface area contributed by atoms with Gasteiger partial charge in [-0.2, -0.15) is 0 Å². The van der Waals surface area contributed by atoms with Crippen LogP contribution >= 0.6 is 0 Å². The number of aromatic nitrogens is 1. The monoisotopic (exact) mass is 400 g/mol. The van der Waals surface area contributed by atoms with E-state index in [-0.39, 0.29) is 5.91 Å². The Bertz CT molecular complexity index is 1060. The molecule has 4 heteroatoms. The first kappa shape index (κ1) is 19.0. The lowest BCUT2D eigenvalue weighted by Crippen LogP contribution is -2.25. The van der Waals surface area contributed by atoms with Crippen LogP contribution in [0.2, 0.25) is 0 Å². The molecule has 2 aliphatic rings. The highest BCUT2D eigenvalue weighted by atomic mass is 16.5. The van der Waals surface area contributed by atoms with Crippen molar-refractivity contribution in [3.8, 4) is 22.7 Å². The number of hydrogen-bond acceptors (Lipinski definition) is 2. The third-order valence-electron chi connectivity index (χ3n) is 6.32. The predicted octanol–water partition coefficient (Wildman–Crippen LogP) is 4.71. The number of hydrogen-bond donors (Lipinski definition) is 1. The lowest BCUT2D eigenvalue weighted by Gasteiger charge is -2.21. The largest absolute Gasteiger partial charge is 0.497 e. The molecule has 30 heavy (non-hydrogen) atoms. The molecule has 0 saturated heterocycles. The summed E-state index contributed by atoms with van der Waals surface area (Å²) in [6.45, 7) is 0.836. The molecule has 2 aliphatic carbocycles. The Morgan fingerprint density at radius 3 is 2.60 bits per heavy atom. The molecule has 1 heterocycles. The van der Waals surface area contributed by atoms with Crippen LogP contribution in [0.4, 0.5) is 0 Å². The fraction of sp³-hybridized carbons (Fsp3) is 0.346. The highest BCUT2D eigenvalue weighted by Gasteiger charge is 2.24. The molecule has 1 saturated carbocycles. The molecule has 0 atom stereocenters. The minimum absolute atomic E-state index is 0.155. The minimum Gasteiger partial charge on any atom is -0.497 e. The molecule has 1 aromatic heterocycles. The van der Waals surface area contributed by atoms with Crippen molar-refractivity contribution < 1.29 is 9.53 Å². The van der Waals surface area contributed by atoms with Gasteiger partial charge in [-0.05, 0) is 79.5 Å². The summed E-state index contributed by atoms with van der Waals surface area (Å²) in [5, 5.41) is 3.10. The molecule has 0 aliphatic heterocycles. The number of fused-ring (bicyclic) bond motifs is 3. The van der Waals surface area contributed by atoms with E-state index < -0.39 is 0 Å². The lowest BCUT2D eigenvalue weighted by molar-refractivity contribution is -0.121. The van der Waals surface area contributed by atoms with Crippen LogP contribution in [-0.2, 0) is 24.1 Å². The van der Waals surface area contributed by atoms with Gasteiger partial charge in [0.2, 0.25) is 5.91 Å². The first-order valence-electron chi connectivity index (χ1n) is 11.0. The summed E-state index contributed by atoms with van der Waals surface area (Å²) in [5.74, 6) is 1.71. The fourth-order valence-corrected chi connectivity index (χ4v) is 4.46. The zero-order valence-corrected chi connectivity index (χ0v) is 17.5. The van der Waals surface area contributed by atoms with E-state index >= 15 is 0 Å². The fourth-order valence-electron chi connectivity index (χ4n) is 4.46. The number of rotatable bonds is 7. The second kappa shape index (κ2) is 8.02. The van der Waals surface area contributed by atoms with Crippen LogP contribution in [-0.4, -0.2) is 24.1 Å². The molecule has 0 spiro atoms. The van der Waals surface area contributed by atoms with Crippen LogP contribution < -0.4 is 10.1 Å². The average molecular weight is 401 g/mol. The van der Waals surface area contributed by atoms with Crippen molar-refractivity contribution in [3.63, 3.8) is 0 Å². The molecule has 1 fully saturated rings. The number of carbonyl (C=O) groups excluding carboxylic acids is 1. The topological polar surface area (TPSA) is 43.3 Å². The van der Waals surface area contributed by atoms with Gasteiger partial charge >= 0.3 is 0 Å². The van der Waals surface area contributed by atoms with Gasteiger partial charge < -0.3 is 14.6 Å². The van der Waals surface area contributed by atoms with Gasteiger partial charge in [-0.1, -0.05) is 24.3 Å². The summed E-state index contributed by atoms with van der Waals surface area (Å²) in [5.41, 5.74) is 7.66. The van der Waals surface area contributed by atoms with Gasteiger partial charge in [0.1, 0.15) is 5.75 Å². The standard InChI is InChI=1S/C26H28N2O2/c1-30-23-13-10-21(11-14-23)28-22(12-15-25(29)27-17-18-6-7-18)16-20-9-8-19-4-2-3-5-24(19)26(20)28/h2-5,10-11,13-14,16,18H,6-9,12,15,17H2,1H3,(H,27,29). The van der Waals surface area contributed by atoms with Crippen LogP contribution in [0.1, 0.15) is 36.1 Å². The normalized spacial score (nSPS) is 14.7.